The number of carbonyl (C=O) groups is 1. The van der Waals surface area contributed by atoms with Crippen LogP contribution >= 0.6 is 0 Å². The van der Waals surface area contributed by atoms with Crippen molar-refractivity contribution in [1.29, 1.82) is 0 Å². The van der Waals surface area contributed by atoms with Crippen molar-refractivity contribution < 1.29 is 9.90 Å². The molecule has 3 N–H and O–H groups in total. The maximum Gasteiger partial charge on any atom is 0.314 e. The van der Waals surface area contributed by atoms with Crippen LogP contribution in [-0.2, 0) is 10.2 Å². The Labute approximate surface area is 139 Å². The summed E-state index contributed by atoms with van der Waals surface area (Å²) in [5, 5.41) is 9.59. The van der Waals surface area contributed by atoms with E-state index in [0.717, 1.165) is 30.8 Å². The van der Waals surface area contributed by atoms with Crippen molar-refractivity contribution in [1.82, 2.24) is 0 Å². The number of hydrogen-bond donors (Lipinski definition) is 2. The summed E-state index contributed by atoms with van der Waals surface area (Å²) in [6.07, 6.45) is 2.40. The topological polar surface area (TPSA) is 66.6 Å². The third-order valence-corrected chi connectivity index (χ3v) is 4.71. The summed E-state index contributed by atoms with van der Waals surface area (Å²) in [6.45, 7) is 10.7. The number of nitrogens with two attached hydrogens (primary N) is 1. The van der Waals surface area contributed by atoms with Crippen LogP contribution in [0.25, 0.3) is 0 Å². The second kappa shape index (κ2) is 6.81. The van der Waals surface area contributed by atoms with Gasteiger partial charge in [0.05, 0.1) is 16.8 Å². The van der Waals surface area contributed by atoms with Gasteiger partial charge in [0.15, 0.2) is 0 Å². The first kappa shape index (κ1) is 17.6. The molecule has 0 atom stereocenters. The zero-order valence-electron chi connectivity index (χ0n) is 14.8. The lowest BCUT2D eigenvalue weighted by molar-refractivity contribution is -0.147. The monoisotopic (exact) mass is 318 g/mol. The Balaban J connectivity index is 2.31. The summed E-state index contributed by atoms with van der Waals surface area (Å²) in [7, 11) is 0. The van der Waals surface area contributed by atoms with Crippen molar-refractivity contribution in [2.45, 2.75) is 52.4 Å². The molecule has 23 heavy (non-hydrogen) atoms. The summed E-state index contributed by atoms with van der Waals surface area (Å²) in [4.78, 5) is 14.0. The normalized spacial score (nSPS) is 16.4. The van der Waals surface area contributed by atoms with E-state index in [-0.39, 0.29) is 0 Å². The van der Waals surface area contributed by atoms with Crippen LogP contribution < -0.4 is 10.6 Å². The lowest BCUT2D eigenvalue weighted by atomic mass is 9.64. The lowest BCUT2D eigenvalue weighted by Crippen LogP contribution is -2.42. The SMILES string of the molecule is CC(C)CN(CC(C)C)c1ccc(C2(C(=O)O)CCC2)cc1N. The maximum absolute atomic E-state index is 11.7. The molecule has 4 nitrogen and oxygen atoms in total. The number of anilines is 2. The highest BCUT2D eigenvalue weighted by Crippen LogP contribution is 2.45. The molecule has 0 saturated heterocycles. The Bertz CT molecular complexity index is 552. The van der Waals surface area contributed by atoms with Crippen LogP contribution in [-0.4, -0.2) is 24.2 Å². The van der Waals surface area contributed by atoms with Crippen LogP contribution in [0.4, 0.5) is 11.4 Å². The quantitative estimate of drug-likeness (QED) is 0.748. The van der Waals surface area contributed by atoms with Gasteiger partial charge in [-0.1, -0.05) is 40.2 Å². The minimum atomic E-state index is -0.725. The van der Waals surface area contributed by atoms with Crippen molar-refractivity contribution in [3.63, 3.8) is 0 Å². The number of aliphatic carboxylic acids is 1. The molecule has 0 spiro atoms. The fourth-order valence-electron chi connectivity index (χ4n) is 3.45. The summed E-state index contributed by atoms with van der Waals surface area (Å²) in [5.41, 5.74) is 8.17. The first-order valence-electron chi connectivity index (χ1n) is 8.64. The van der Waals surface area contributed by atoms with E-state index < -0.39 is 11.4 Å². The number of carboxylic acid groups (broad SMARTS) is 1. The molecule has 1 saturated carbocycles. The van der Waals surface area contributed by atoms with Crippen molar-refractivity contribution >= 4 is 17.3 Å². The van der Waals surface area contributed by atoms with Crippen LogP contribution in [0.15, 0.2) is 18.2 Å². The summed E-state index contributed by atoms with van der Waals surface area (Å²) in [6, 6.07) is 5.86. The lowest BCUT2D eigenvalue weighted by Gasteiger charge is -2.39. The van der Waals surface area contributed by atoms with Crippen molar-refractivity contribution in [2.24, 2.45) is 11.8 Å². The molecule has 1 fully saturated rings. The average Bonchev–Trinajstić information content (AvgIpc) is 2.34. The van der Waals surface area contributed by atoms with Crippen LogP contribution in [0.1, 0.15) is 52.5 Å². The predicted octanol–water partition coefficient (Wildman–Crippen LogP) is 3.89. The molecule has 0 radical (unpaired) electrons. The number of nitrogen functional groups attached to an aromatic ring is 1. The van der Waals surface area contributed by atoms with E-state index in [1.807, 2.05) is 18.2 Å². The fourth-order valence-corrected chi connectivity index (χ4v) is 3.45. The number of carboxylic acids is 1. The summed E-state index contributed by atoms with van der Waals surface area (Å²) in [5.74, 6) is 0.367. The van der Waals surface area contributed by atoms with Gasteiger partial charge in [0.25, 0.3) is 0 Å². The second-order valence-corrected chi connectivity index (χ2v) is 7.71. The third-order valence-electron chi connectivity index (χ3n) is 4.71. The molecule has 1 aromatic rings. The first-order chi connectivity index (χ1) is 10.8. The second-order valence-electron chi connectivity index (χ2n) is 7.71. The number of nitrogens with zero attached hydrogens (tertiary/aromatic N) is 1. The van der Waals surface area contributed by atoms with Crippen molar-refractivity contribution in [3.8, 4) is 0 Å². The first-order valence-corrected chi connectivity index (χ1v) is 8.64. The molecule has 0 bridgehead atoms. The largest absolute Gasteiger partial charge is 0.481 e. The number of hydrogen-bond acceptors (Lipinski definition) is 3. The van der Waals surface area contributed by atoms with Gasteiger partial charge in [-0.2, -0.15) is 0 Å². The highest BCUT2D eigenvalue weighted by atomic mass is 16.4. The Hall–Kier alpha value is -1.71. The molecule has 0 aromatic heterocycles. The van der Waals surface area contributed by atoms with Gasteiger partial charge in [0.2, 0.25) is 0 Å². The van der Waals surface area contributed by atoms with Gasteiger partial charge in [-0.05, 0) is 42.4 Å². The molecule has 0 amide bonds. The van der Waals surface area contributed by atoms with E-state index in [9.17, 15) is 9.90 Å². The van der Waals surface area contributed by atoms with E-state index >= 15 is 0 Å². The minimum absolute atomic E-state index is 0.546. The molecule has 0 heterocycles. The molecule has 4 heteroatoms. The van der Waals surface area contributed by atoms with Crippen molar-refractivity contribution in [2.75, 3.05) is 23.7 Å². The highest BCUT2D eigenvalue weighted by Gasteiger charge is 2.46. The fraction of sp³-hybridized carbons (Fsp3) is 0.632. The molecule has 2 rings (SSSR count). The Morgan fingerprint density at radius 2 is 1.78 bits per heavy atom. The molecule has 1 aromatic carbocycles. The van der Waals surface area contributed by atoms with Crippen LogP contribution in [0.3, 0.4) is 0 Å². The molecule has 1 aliphatic carbocycles. The average molecular weight is 318 g/mol. The van der Waals surface area contributed by atoms with E-state index in [4.69, 9.17) is 5.73 Å². The Morgan fingerprint density at radius 1 is 1.22 bits per heavy atom. The molecule has 1 aliphatic rings. The van der Waals surface area contributed by atoms with Gasteiger partial charge >= 0.3 is 5.97 Å². The van der Waals surface area contributed by atoms with Gasteiger partial charge < -0.3 is 15.7 Å². The summed E-state index contributed by atoms with van der Waals surface area (Å²) < 4.78 is 0. The minimum Gasteiger partial charge on any atom is -0.481 e. The molecule has 128 valence electrons. The van der Waals surface area contributed by atoms with E-state index in [1.54, 1.807) is 0 Å². The Kier molecular flexibility index (Phi) is 5.23. The van der Waals surface area contributed by atoms with Gasteiger partial charge in [0, 0.05) is 13.1 Å². The zero-order chi connectivity index (χ0) is 17.2. The smallest absolute Gasteiger partial charge is 0.314 e. The van der Waals surface area contributed by atoms with Crippen LogP contribution in [0.5, 0.6) is 0 Å². The van der Waals surface area contributed by atoms with Gasteiger partial charge in [-0.25, -0.2) is 0 Å². The molecular formula is C19H30N2O2. The zero-order valence-corrected chi connectivity index (χ0v) is 14.8. The van der Waals surface area contributed by atoms with Crippen molar-refractivity contribution in [3.05, 3.63) is 23.8 Å². The van der Waals surface area contributed by atoms with Gasteiger partial charge in [-0.15, -0.1) is 0 Å². The predicted molar refractivity (Wildman–Crippen MR) is 95.9 cm³/mol. The third kappa shape index (κ3) is 3.62. The van der Waals surface area contributed by atoms with Crippen LogP contribution in [0, 0.1) is 11.8 Å². The number of rotatable bonds is 7. The molecule has 0 aliphatic heterocycles. The standard InChI is InChI=1S/C19H30N2O2/c1-13(2)11-21(12-14(3)4)17-7-6-15(10-16(17)20)19(18(22)23)8-5-9-19/h6-7,10,13-14H,5,8-9,11-12,20H2,1-4H3,(H,22,23). The van der Waals surface area contributed by atoms with Gasteiger partial charge in [-0.3, -0.25) is 4.79 Å². The number of benzene rings is 1. The molecular weight excluding hydrogens is 288 g/mol. The Morgan fingerprint density at radius 3 is 2.13 bits per heavy atom. The maximum atomic E-state index is 11.7. The molecule has 0 unspecified atom stereocenters. The van der Waals surface area contributed by atoms with E-state index in [2.05, 4.69) is 32.6 Å². The van der Waals surface area contributed by atoms with E-state index in [0.29, 0.717) is 30.4 Å². The summed E-state index contributed by atoms with van der Waals surface area (Å²) >= 11 is 0. The van der Waals surface area contributed by atoms with Gasteiger partial charge in [0.1, 0.15) is 0 Å². The van der Waals surface area contributed by atoms with Crippen LogP contribution in [0.2, 0.25) is 0 Å². The van der Waals surface area contributed by atoms with E-state index in [1.165, 1.54) is 0 Å². The highest BCUT2D eigenvalue weighted by molar-refractivity contribution is 5.84.